The second-order valence-electron chi connectivity index (χ2n) is 4.08. The smallest absolute Gasteiger partial charge is 0.147 e. The number of hydrogen-bond donors (Lipinski definition) is 0. The zero-order chi connectivity index (χ0) is 8.60. The monoisotopic (exact) mass is 163 g/mol. The summed E-state index contributed by atoms with van der Waals surface area (Å²) in [5.74, 6) is 0.997. The van der Waals surface area contributed by atoms with Crippen molar-refractivity contribution in [2.24, 2.45) is 5.41 Å². The highest BCUT2D eigenvalue weighted by Crippen LogP contribution is 2.31. The summed E-state index contributed by atoms with van der Waals surface area (Å²) in [4.78, 5) is 10.5. The molecule has 2 rings (SSSR count). The van der Waals surface area contributed by atoms with E-state index in [1.807, 2.05) is 6.20 Å². The third-order valence-corrected chi connectivity index (χ3v) is 2.11. The van der Waals surface area contributed by atoms with Crippen LogP contribution < -0.4 is 4.90 Å². The van der Waals surface area contributed by atoms with Gasteiger partial charge in [0.25, 0.3) is 0 Å². The van der Waals surface area contributed by atoms with Crippen LogP contribution in [-0.4, -0.2) is 23.1 Å². The van der Waals surface area contributed by atoms with Gasteiger partial charge in [0.1, 0.15) is 5.82 Å². The third kappa shape index (κ3) is 1.26. The van der Waals surface area contributed by atoms with Crippen molar-refractivity contribution in [2.45, 2.75) is 13.8 Å². The molecule has 0 N–H and O–H groups in total. The topological polar surface area (TPSA) is 29.0 Å². The summed E-state index contributed by atoms with van der Waals surface area (Å²) in [6, 6.07) is 0. The van der Waals surface area contributed by atoms with Crippen molar-refractivity contribution in [1.29, 1.82) is 0 Å². The van der Waals surface area contributed by atoms with Gasteiger partial charge in [-0.25, -0.2) is 4.98 Å². The van der Waals surface area contributed by atoms with Crippen LogP contribution in [0.4, 0.5) is 5.82 Å². The summed E-state index contributed by atoms with van der Waals surface area (Å²) in [7, 11) is 0. The van der Waals surface area contributed by atoms with E-state index in [1.165, 1.54) is 0 Å². The van der Waals surface area contributed by atoms with Gasteiger partial charge < -0.3 is 4.90 Å². The van der Waals surface area contributed by atoms with Gasteiger partial charge in [0, 0.05) is 25.5 Å². The number of nitrogens with zero attached hydrogens (tertiary/aromatic N) is 3. The van der Waals surface area contributed by atoms with Gasteiger partial charge in [-0.15, -0.1) is 0 Å². The molecule has 0 unspecified atom stereocenters. The second-order valence-corrected chi connectivity index (χ2v) is 4.08. The third-order valence-electron chi connectivity index (χ3n) is 2.11. The van der Waals surface area contributed by atoms with E-state index < -0.39 is 0 Å². The molecule has 1 aliphatic rings. The molecule has 0 bridgehead atoms. The summed E-state index contributed by atoms with van der Waals surface area (Å²) in [5, 5.41) is 0. The van der Waals surface area contributed by atoms with E-state index in [2.05, 4.69) is 28.7 Å². The van der Waals surface area contributed by atoms with Crippen molar-refractivity contribution in [1.82, 2.24) is 9.97 Å². The predicted octanol–water partition coefficient (Wildman–Crippen LogP) is 1.32. The summed E-state index contributed by atoms with van der Waals surface area (Å²) in [6.45, 7) is 6.71. The minimum atomic E-state index is 0.456. The normalized spacial score (nSPS) is 20.3. The Kier molecular flexibility index (Phi) is 1.53. The molecule has 3 heteroatoms. The van der Waals surface area contributed by atoms with E-state index >= 15 is 0 Å². The highest BCUT2D eigenvalue weighted by atomic mass is 15.3. The molecule has 1 saturated heterocycles. The van der Waals surface area contributed by atoms with E-state index in [1.54, 1.807) is 12.4 Å². The Morgan fingerprint density at radius 2 is 2.08 bits per heavy atom. The van der Waals surface area contributed by atoms with Crippen LogP contribution in [0.1, 0.15) is 13.8 Å². The average molecular weight is 163 g/mol. The van der Waals surface area contributed by atoms with Gasteiger partial charge >= 0.3 is 0 Å². The fraction of sp³-hybridized carbons (Fsp3) is 0.556. The minimum absolute atomic E-state index is 0.456. The Balaban J connectivity index is 2.06. The molecule has 1 aromatic rings. The molecular weight excluding hydrogens is 150 g/mol. The molecule has 2 heterocycles. The predicted molar refractivity (Wildman–Crippen MR) is 48.0 cm³/mol. The number of hydrogen-bond acceptors (Lipinski definition) is 3. The van der Waals surface area contributed by atoms with E-state index in [9.17, 15) is 0 Å². The van der Waals surface area contributed by atoms with E-state index in [4.69, 9.17) is 0 Å². The quantitative estimate of drug-likeness (QED) is 0.625. The first kappa shape index (κ1) is 7.53. The van der Waals surface area contributed by atoms with Crippen LogP contribution in [0.3, 0.4) is 0 Å². The molecule has 1 fully saturated rings. The minimum Gasteiger partial charge on any atom is -0.354 e. The molecular formula is C9H13N3. The summed E-state index contributed by atoms with van der Waals surface area (Å²) in [6.07, 6.45) is 5.25. The Labute approximate surface area is 72.4 Å². The van der Waals surface area contributed by atoms with Crippen molar-refractivity contribution < 1.29 is 0 Å². The van der Waals surface area contributed by atoms with Crippen molar-refractivity contribution in [3.63, 3.8) is 0 Å². The molecule has 12 heavy (non-hydrogen) atoms. The van der Waals surface area contributed by atoms with Gasteiger partial charge in [-0.05, 0) is 5.41 Å². The lowest BCUT2D eigenvalue weighted by molar-refractivity contribution is 0.274. The molecule has 0 atom stereocenters. The SMILES string of the molecule is CC1(C)CN(c2cnccn2)C1. The average Bonchev–Trinajstić information content (AvgIpc) is 2.02. The molecule has 0 spiro atoms. The molecule has 0 aliphatic carbocycles. The van der Waals surface area contributed by atoms with Crippen LogP contribution in [0.15, 0.2) is 18.6 Å². The van der Waals surface area contributed by atoms with E-state index in [-0.39, 0.29) is 0 Å². The maximum absolute atomic E-state index is 4.23. The van der Waals surface area contributed by atoms with Crippen molar-refractivity contribution >= 4 is 5.82 Å². The second kappa shape index (κ2) is 2.44. The Morgan fingerprint density at radius 1 is 1.33 bits per heavy atom. The van der Waals surface area contributed by atoms with E-state index in [0.29, 0.717) is 5.41 Å². The zero-order valence-electron chi connectivity index (χ0n) is 7.49. The van der Waals surface area contributed by atoms with Gasteiger partial charge in [0.05, 0.1) is 6.20 Å². The van der Waals surface area contributed by atoms with Crippen LogP contribution in [0.25, 0.3) is 0 Å². The first-order valence-corrected chi connectivity index (χ1v) is 4.18. The van der Waals surface area contributed by atoms with Gasteiger partial charge in [-0.2, -0.15) is 0 Å². The maximum atomic E-state index is 4.23. The van der Waals surface area contributed by atoms with Gasteiger partial charge in [-0.3, -0.25) is 4.98 Å². The lowest BCUT2D eigenvalue weighted by Crippen LogP contribution is -2.53. The summed E-state index contributed by atoms with van der Waals surface area (Å²) < 4.78 is 0. The fourth-order valence-electron chi connectivity index (χ4n) is 1.60. The van der Waals surface area contributed by atoms with Gasteiger partial charge in [0.2, 0.25) is 0 Å². The van der Waals surface area contributed by atoms with Crippen molar-refractivity contribution in [3.05, 3.63) is 18.6 Å². The first-order valence-electron chi connectivity index (χ1n) is 4.18. The first-order chi connectivity index (χ1) is 5.67. The van der Waals surface area contributed by atoms with Gasteiger partial charge in [0.15, 0.2) is 0 Å². The van der Waals surface area contributed by atoms with Crippen LogP contribution >= 0.6 is 0 Å². The number of rotatable bonds is 1. The summed E-state index contributed by atoms with van der Waals surface area (Å²) >= 11 is 0. The molecule has 0 saturated carbocycles. The number of aromatic nitrogens is 2. The summed E-state index contributed by atoms with van der Waals surface area (Å²) in [5.41, 5.74) is 0.456. The zero-order valence-corrected chi connectivity index (χ0v) is 7.49. The number of anilines is 1. The van der Waals surface area contributed by atoms with Gasteiger partial charge in [-0.1, -0.05) is 13.8 Å². The molecule has 64 valence electrons. The molecule has 0 radical (unpaired) electrons. The van der Waals surface area contributed by atoms with Crippen molar-refractivity contribution in [2.75, 3.05) is 18.0 Å². The molecule has 3 nitrogen and oxygen atoms in total. The molecule has 0 amide bonds. The van der Waals surface area contributed by atoms with Crippen LogP contribution in [-0.2, 0) is 0 Å². The highest BCUT2D eigenvalue weighted by molar-refractivity contribution is 5.39. The fourth-order valence-corrected chi connectivity index (χ4v) is 1.60. The molecule has 1 aliphatic heterocycles. The maximum Gasteiger partial charge on any atom is 0.147 e. The van der Waals surface area contributed by atoms with E-state index in [0.717, 1.165) is 18.9 Å². The molecule has 1 aromatic heterocycles. The van der Waals surface area contributed by atoms with Crippen LogP contribution in [0.2, 0.25) is 0 Å². The largest absolute Gasteiger partial charge is 0.354 e. The lowest BCUT2D eigenvalue weighted by atomic mass is 9.84. The van der Waals surface area contributed by atoms with Crippen LogP contribution in [0.5, 0.6) is 0 Å². The Bertz CT molecular complexity index is 260. The Morgan fingerprint density at radius 3 is 2.58 bits per heavy atom. The Hall–Kier alpha value is -1.12. The molecule has 0 aromatic carbocycles. The standard InChI is InChI=1S/C9H13N3/c1-9(2)6-12(7-9)8-5-10-3-4-11-8/h3-5H,6-7H2,1-2H3. The van der Waals surface area contributed by atoms with Crippen molar-refractivity contribution in [3.8, 4) is 0 Å². The highest BCUT2D eigenvalue weighted by Gasteiger charge is 2.34. The van der Waals surface area contributed by atoms with Crippen LogP contribution in [0, 0.1) is 5.41 Å². The lowest BCUT2D eigenvalue weighted by Gasteiger charge is -2.46.